The molecule has 0 spiro atoms. The number of nitrogens with zero attached hydrogens (tertiary/aromatic N) is 2. The second-order valence-electron chi connectivity index (χ2n) is 2.68. The molecule has 0 amide bonds. The Bertz CT molecular complexity index is 398. The lowest BCUT2D eigenvalue weighted by atomic mass is 10.2. The zero-order valence-corrected chi connectivity index (χ0v) is 6.94. The maximum absolute atomic E-state index is 8.78. The lowest BCUT2D eigenvalue weighted by Crippen LogP contribution is -3.05. The monoisotopic (exact) mass is 170 g/mol. The van der Waals surface area contributed by atoms with E-state index in [9.17, 15) is 0 Å². The van der Waals surface area contributed by atoms with Crippen molar-refractivity contribution in [3.05, 3.63) is 48.3 Å². The summed E-state index contributed by atoms with van der Waals surface area (Å²) in [5, 5.41) is 8.78. The average Bonchev–Trinajstić information content (AvgIpc) is 2.67. The molecule has 1 aromatic rings. The summed E-state index contributed by atoms with van der Waals surface area (Å²) >= 11 is 0. The van der Waals surface area contributed by atoms with E-state index in [1.807, 2.05) is 30.3 Å². The van der Waals surface area contributed by atoms with Crippen LogP contribution in [-0.2, 0) is 0 Å². The first-order chi connectivity index (χ1) is 6.42. The van der Waals surface area contributed by atoms with Crippen molar-refractivity contribution < 1.29 is 4.90 Å². The van der Waals surface area contributed by atoms with Gasteiger partial charge in [0.1, 0.15) is 6.20 Å². The number of hydrogen-bond acceptors (Lipinski definition) is 2. The first-order valence-electron chi connectivity index (χ1n) is 3.99. The van der Waals surface area contributed by atoms with Crippen molar-refractivity contribution in [1.82, 2.24) is 0 Å². The minimum absolute atomic E-state index is 0.631. The summed E-state index contributed by atoms with van der Waals surface area (Å²) in [4.78, 5) is 4.77. The van der Waals surface area contributed by atoms with Gasteiger partial charge in [-0.1, -0.05) is 18.2 Å². The Morgan fingerprint density at radius 2 is 2.00 bits per heavy atom. The highest BCUT2D eigenvalue weighted by Crippen LogP contribution is 1.99. The number of rotatable bonds is 1. The van der Waals surface area contributed by atoms with E-state index < -0.39 is 0 Å². The Morgan fingerprint density at radius 1 is 1.23 bits per heavy atom. The minimum Gasteiger partial charge on any atom is -0.197 e. The first-order valence-corrected chi connectivity index (χ1v) is 3.99. The third kappa shape index (κ3) is 1.35. The van der Waals surface area contributed by atoms with Crippen LogP contribution >= 0.6 is 0 Å². The molecule has 2 rings (SSSR count). The number of amidine groups is 1. The van der Waals surface area contributed by atoms with Gasteiger partial charge in [0, 0.05) is 0 Å². The quantitative estimate of drug-likeness (QED) is 0.604. The van der Waals surface area contributed by atoms with Crippen LogP contribution in [-0.4, -0.2) is 5.84 Å². The molecule has 3 heteroatoms. The largest absolute Gasteiger partial charge is 0.318 e. The van der Waals surface area contributed by atoms with Gasteiger partial charge in [-0.15, -0.1) is 5.26 Å². The summed E-state index contributed by atoms with van der Waals surface area (Å²) in [6.07, 6.45) is 5.49. The Kier molecular flexibility index (Phi) is 1.91. The normalized spacial score (nSPS) is 19.6. The van der Waals surface area contributed by atoms with Crippen molar-refractivity contribution in [3.8, 4) is 6.19 Å². The highest BCUT2D eigenvalue weighted by atomic mass is 15.2. The molecule has 13 heavy (non-hydrogen) atoms. The third-order valence-corrected chi connectivity index (χ3v) is 1.87. The van der Waals surface area contributed by atoms with Crippen molar-refractivity contribution >= 4 is 5.84 Å². The molecular formula is C10H8N3+. The molecule has 1 atom stereocenters. The van der Waals surface area contributed by atoms with Gasteiger partial charge < -0.3 is 0 Å². The third-order valence-electron chi connectivity index (χ3n) is 1.87. The Balaban J connectivity index is 2.35. The van der Waals surface area contributed by atoms with Crippen LogP contribution in [0.15, 0.2) is 47.7 Å². The zero-order chi connectivity index (χ0) is 9.10. The van der Waals surface area contributed by atoms with Crippen LogP contribution in [0.1, 0.15) is 5.56 Å². The fourth-order valence-corrected chi connectivity index (χ4v) is 1.25. The van der Waals surface area contributed by atoms with E-state index in [0.717, 1.165) is 11.4 Å². The second-order valence-corrected chi connectivity index (χ2v) is 2.68. The first kappa shape index (κ1) is 7.71. The topological polar surface area (TPSA) is 40.6 Å². The van der Waals surface area contributed by atoms with Gasteiger partial charge in [0.15, 0.2) is 0 Å². The Hall–Kier alpha value is -1.92. The van der Waals surface area contributed by atoms with E-state index in [1.54, 1.807) is 12.4 Å². The summed E-state index contributed by atoms with van der Waals surface area (Å²) in [7, 11) is 0. The van der Waals surface area contributed by atoms with Gasteiger partial charge in [-0.25, -0.2) is 0 Å². The van der Waals surface area contributed by atoms with E-state index >= 15 is 0 Å². The van der Waals surface area contributed by atoms with Crippen molar-refractivity contribution in [3.63, 3.8) is 0 Å². The molecule has 0 aromatic heterocycles. The van der Waals surface area contributed by atoms with E-state index in [4.69, 9.17) is 5.26 Å². The van der Waals surface area contributed by atoms with Crippen molar-refractivity contribution in [2.24, 2.45) is 4.99 Å². The number of nitriles is 1. The molecule has 0 saturated carbocycles. The predicted molar refractivity (Wildman–Crippen MR) is 48.7 cm³/mol. The summed E-state index contributed by atoms with van der Waals surface area (Å²) < 4.78 is 0. The van der Waals surface area contributed by atoms with Crippen LogP contribution in [0, 0.1) is 11.5 Å². The molecular weight excluding hydrogens is 162 g/mol. The maximum atomic E-state index is 8.78. The fraction of sp³-hybridized carbons (Fsp3) is 0. The molecule has 1 heterocycles. The maximum Gasteiger partial charge on any atom is 0.318 e. The summed E-state index contributed by atoms with van der Waals surface area (Å²) in [5.74, 6) is 0.767. The van der Waals surface area contributed by atoms with E-state index in [-0.39, 0.29) is 0 Å². The molecule has 0 saturated heterocycles. The molecule has 3 nitrogen and oxygen atoms in total. The zero-order valence-electron chi connectivity index (χ0n) is 6.94. The van der Waals surface area contributed by atoms with Crippen LogP contribution in [0.4, 0.5) is 0 Å². The number of nitrogens with one attached hydrogen (secondary N) is 1. The fourth-order valence-electron chi connectivity index (χ4n) is 1.25. The van der Waals surface area contributed by atoms with Crippen molar-refractivity contribution in [1.29, 1.82) is 5.26 Å². The standard InChI is InChI=1S/C10H7N3/c11-8-13-7-6-12-10(13)9-4-2-1-3-5-9/h1-7H/p+1. The predicted octanol–water partition coefficient (Wildman–Crippen LogP) is 0.284. The molecule has 0 radical (unpaired) electrons. The van der Waals surface area contributed by atoms with Crippen LogP contribution in [0.3, 0.4) is 0 Å². The highest BCUT2D eigenvalue weighted by Gasteiger charge is 2.20. The van der Waals surface area contributed by atoms with Crippen molar-refractivity contribution in [2.75, 3.05) is 0 Å². The molecule has 1 N–H and O–H groups in total. The molecule has 1 aliphatic heterocycles. The van der Waals surface area contributed by atoms with Gasteiger partial charge in [0.2, 0.25) is 0 Å². The molecule has 1 aliphatic rings. The molecule has 0 aliphatic carbocycles. The summed E-state index contributed by atoms with van der Waals surface area (Å²) in [5.41, 5.74) is 0.990. The molecule has 1 unspecified atom stereocenters. The lowest BCUT2D eigenvalue weighted by Gasteiger charge is -2.00. The second kappa shape index (κ2) is 3.21. The van der Waals surface area contributed by atoms with Crippen LogP contribution in [0.2, 0.25) is 0 Å². The van der Waals surface area contributed by atoms with Gasteiger partial charge in [0.05, 0.1) is 11.8 Å². The highest BCUT2D eigenvalue weighted by molar-refractivity contribution is 5.93. The number of aliphatic imine (C=N–C) groups is 1. The molecule has 1 aromatic carbocycles. The van der Waals surface area contributed by atoms with Crippen LogP contribution in [0.25, 0.3) is 0 Å². The molecule has 0 fully saturated rings. The summed E-state index contributed by atoms with van der Waals surface area (Å²) in [6.45, 7) is 0. The van der Waals surface area contributed by atoms with Crippen LogP contribution in [0.5, 0.6) is 0 Å². The van der Waals surface area contributed by atoms with Gasteiger partial charge in [0.25, 0.3) is 5.84 Å². The molecule has 62 valence electrons. The lowest BCUT2D eigenvalue weighted by molar-refractivity contribution is -0.661. The SMILES string of the molecule is N#C[NH+]1C=CN=C1c1ccccc1. The minimum atomic E-state index is 0.631. The van der Waals surface area contributed by atoms with Gasteiger partial charge >= 0.3 is 6.19 Å². The smallest absolute Gasteiger partial charge is 0.197 e. The number of quaternary nitrogens is 1. The number of hydrogen-bond donors (Lipinski definition) is 1. The van der Waals surface area contributed by atoms with E-state index in [2.05, 4.69) is 11.2 Å². The van der Waals surface area contributed by atoms with Gasteiger partial charge in [-0.3, -0.25) is 0 Å². The van der Waals surface area contributed by atoms with E-state index in [1.165, 1.54) is 0 Å². The van der Waals surface area contributed by atoms with E-state index in [0.29, 0.717) is 4.90 Å². The Morgan fingerprint density at radius 3 is 2.69 bits per heavy atom. The van der Waals surface area contributed by atoms with Crippen LogP contribution < -0.4 is 4.90 Å². The average molecular weight is 170 g/mol. The molecule has 0 bridgehead atoms. The van der Waals surface area contributed by atoms with Gasteiger partial charge in [-0.2, -0.15) is 9.89 Å². The van der Waals surface area contributed by atoms with Gasteiger partial charge in [-0.05, 0) is 12.1 Å². The Labute approximate surface area is 76.2 Å². The van der Waals surface area contributed by atoms with Crippen molar-refractivity contribution in [2.45, 2.75) is 0 Å². The number of benzene rings is 1. The summed E-state index contributed by atoms with van der Waals surface area (Å²) in [6, 6.07) is 9.71.